The van der Waals surface area contributed by atoms with E-state index < -0.39 is 0 Å². The molecule has 1 saturated heterocycles. The third-order valence-electron chi connectivity index (χ3n) is 5.33. The zero-order valence-electron chi connectivity index (χ0n) is 16.7. The zero-order chi connectivity index (χ0) is 19.7. The van der Waals surface area contributed by atoms with Gasteiger partial charge in [-0.1, -0.05) is 36.8 Å². The lowest BCUT2D eigenvalue weighted by Gasteiger charge is -2.35. The second-order valence-corrected chi connectivity index (χ2v) is 7.43. The molecule has 4 nitrogen and oxygen atoms in total. The minimum Gasteiger partial charge on any atom is -0.493 e. The second-order valence-electron chi connectivity index (χ2n) is 7.43. The van der Waals surface area contributed by atoms with Gasteiger partial charge in [0, 0.05) is 31.0 Å². The summed E-state index contributed by atoms with van der Waals surface area (Å²) < 4.78 is 11.9. The summed E-state index contributed by atoms with van der Waals surface area (Å²) in [6.45, 7) is 2.89. The average molecular weight is 389 g/mol. The van der Waals surface area contributed by atoms with Crippen molar-refractivity contribution in [3.05, 3.63) is 84.7 Å². The van der Waals surface area contributed by atoms with Gasteiger partial charge in [0.15, 0.2) is 0 Å². The molecule has 4 heteroatoms. The first-order valence-electron chi connectivity index (χ1n) is 10.5. The average Bonchev–Trinajstić information content (AvgIpc) is 2.79. The summed E-state index contributed by atoms with van der Waals surface area (Å²) in [5.74, 6) is 2.47. The van der Waals surface area contributed by atoms with Crippen LogP contribution in [0.5, 0.6) is 17.2 Å². The van der Waals surface area contributed by atoms with E-state index in [0.29, 0.717) is 12.6 Å². The van der Waals surface area contributed by atoms with Crippen LogP contribution in [0.3, 0.4) is 0 Å². The molecule has 1 aliphatic heterocycles. The molecule has 3 aromatic rings. The molecular weight excluding hydrogens is 360 g/mol. The van der Waals surface area contributed by atoms with Crippen molar-refractivity contribution >= 4 is 0 Å². The summed E-state index contributed by atoms with van der Waals surface area (Å²) in [6, 6.07) is 22.4. The molecule has 2 aromatic carbocycles. The van der Waals surface area contributed by atoms with Gasteiger partial charge in [0.05, 0.1) is 6.61 Å². The van der Waals surface area contributed by atoms with Crippen molar-refractivity contribution in [3.63, 3.8) is 0 Å². The van der Waals surface area contributed by atoms with Gasteiger partial charge in [-0.3, -0.25) is 9.88 Å². The first-order chi connectivity index (χ1) is 14.4. The first-order valence-corrected chi connectivity index (χ1v) is 10.5. The van der Waals surface area contributed by atoms with Crippen LogP contribution in [0.25, 0.3) is 0 Å². The topological polar surface area (TPSA) is 34.6 Å². The lowest BCUT2D eigenvalue weighted by Crippen LogP contribution is -2.34. The van der Waals surface area contributed by atoms with Gasteiger partial charge in [-0.25, -0.2) is 0 Å². The van der Waals surface area contributed by atoms with Crippen LogP contribution in [0, 0.1) is 0 Å². The van der Waals surface area contributed by atoms with Crippen molar-refractivity contribution in [2.45, 2.75) is 31.7 Å². The fourth-order valence-electron chi connectivity index (χ4n) is 3.92. The summed E-state index contributed by atoms with van der Waals surface area (Å²) in [7, 11) is 0. The number of aromatic nitrogens is 1. The van der Waals surface area contributed by atoms with Gasteiger partial charge >= 0.3 is 0 Å². The maximum atomic E-state index is 6.00. The smallest absolute Gasteiger partial charge is 0.131 e. The molecule has 29 heavy (non-hydrogen) atoms. The van der Waals surface area contributed by atoms with Crippen LogP contribution in [0.4, 0.5) is 0 Å². The van der Waals surface area contributed by atoms with E-state index in [1.165, 1.54) is 24.8 Å². The van der Waals surface area contributed by atoms with E-state index in [0.717, 1.165) is 36.8 Å². The second kappa shape index (κ2) is 10.1. The number of likely N-dealkylation sites (tertiary alicyclic amines) is 1. The number of piperidine rings is 1. The number of rotatable bonds is 8. The lowest BCUT2D eigenvalue weighted by molar-refractivity contribution is 0.137. The Morgan fingerprint density at radius 2 is 1.76 bits per heavy atom. The molecule has 0 saturated carbocycles. The van der Waals surface area contributed by atoms with Crippen LogP contribution in [-0.2, 0) is 0 Å². The molecule has 0 aliphatic carbocycles. The van der Waals surface area contributed by atoms with E-state index in [1.807, 2.05) is 73.1 Å². The van der Waals surface area contributed by atoms with Gasteiger partial charge in [-0.05, 0) is 61.7 Å². The molecule has 0 radical (unpaired) electrons. The van der Waals surface area contributed by atoms with Crippen LogP contribution < -0.4 is 9.47 Å². The molecule has 0 unspecified atom stereocenters. The number of hydrogen-bond donors (Lipinski definition) is 0. The lowest BCUT2D eigenvalue weighted by atomic mass is 9.96. The van der Waals surface area contributed by atoms with E-state index >= 15 is 0 Å². The Balaban J connectivity index is 1.27. The number of hydrogen-bond acceptors (Lipinski definition) is 4. The van der Waals surface area contributed by atoms with E-state index in [4.69, 9.17) is 9.47 Å². The SMILES string of the molecule is c1ccc(Oc2cccc(OCCCN3CCCC[C@H]3c3cccnc3)c2)cc1. The standard InChI is InChI=1S/C25H28N2O2/c1-2-10-22(11-3-1)29-24-13-6-12-23(19-24)28-18-8-17-27-16-5-4-14-25(27)21-9-7-15-26-20-21/h1-3,6-7,9-13,15,19-20,25H,4-5,8,14,16-18H2/t25-/m0/s1. The maximum Gasteiger partial charge on any atom is 0.131 e. The minimum absolute atomic E-state index is 0.486. The fourth-order valence-corrected chi connectivity index (χ4v) is 3.92. The Morgan fingerprint density at radius 1 is 0.897 bits per heavy atom. The van der Waals surface area contributed by atoms with Gasteiger partial charge in [0.2, 0.25) is 0 Å². The molecule has 0 amide bonds. The number of ether oxygens (including phenoxy) is 2. The largest absolute Gasteiger partial charge is 0.493 e. The summed E-state index contributed by atoms with van der Waals surface area (Å²) in [6.07, 6.45) is 8.64. The zero-order valence-corrected chi connectivity index (χ0v) is 16.7. The molecule has 1 atom stereocenters. The fraction of sp³-hybridized carbons (Fsp3) is 0.320. The third-order valence-corrected chi connectivity index (χ3v) is 5.33. The highest BCUT2D eigenvalue weighted by Crippen LogP contribution is 2.30. The van der Waals surface area contributed by atoms with Crippen LogP contribution in [0.1, 0.15) is 37.3 Å². The molecule has 0 N–H and O–H groups in total. The number of pyridine rings is 1. The highest BCUT2D eigenvalue weighted by Gasteiger charge is 2.23. The van der Waals surface area contributed by atoms with E-state index in [1.54, 1.807) is 0 Å². The first kappa shape index (κ1) is 19.5. The Kier molecular flexibility index (Phi) is 6.76. The molecule has 0 bridgehead atoms. The number of benzene rings is 2. The van der Waals surface area contributed by atoms with Crippen LogP contribution in [-0.4, -0.2) is 29.6 Å². The highest BCUT2D eigenvalue weighted by atomic mass is 16.5. The maximum absolute atomic E-state index is 6.00. The van der Waals surface area contributed by atoms with E-state index in [9.17, 15) is 0 Å². The predicted molar refractivity (Wildman–Crippen MR) is 115 cm³/mol. The van der Waals surface area contributed by atoms with Crippen molar-refractivity contribution in [3.8, 4) is 17.2 Å². The summed E-state index contributed by atoms with van der Waals surface area (Å²) >= 11 is 0. The Labute approximate surface area is 173 Å². The molecule has 0 spiro atoms. The summed E-state index contributed by atoms with van der Waals surface area (Å²) in [4.78, 5) is 6.89. The summed E-state index contributed by atoms with van der Waals surface area (Å²) in [5.41, 5.74) is 1.33. The summed E-state index contributed by atoms with van der Waals surface area (Å²) in [5, 5.41) is 0. The van der Waals surface area contributed by atoms with Crippen molar-refractivity contribution in [2.24, 2.45) is 0 Å². The van der Waals surface area contributed by atoms with Gasteiger partial charge in [-0.15, -0.1) is 0 Å². The molecule has 1 aliphatic rings. The van der Waals surface area contributed by atoms with Crippen molar-refractivity contribution in [2.75, 3.05) is 19.7 Å². The predicted octanol–water partition coefficient (Wildman–Crippen LogP) is 5.87. The quantitative estimate of drug-likeness (QED) is 0.452. The third kappa shape index (κ3) is 5.58. The van der Waals surface area contributed by atoms with E-state index in [2.05, 4.69) is 16.0 Å². The monoisotopic (exact) mass is 388 g/mol. The molecule has 4 rings (SSSR count). The van der Waals surface area contributed by atoms with Crippen LogP contribution in [0.2, 0.25) is 0 Å². The van der Waals surface area contributed by atoms with Crippen molar-refractivity contribution < 1.29 is 9.47 Å². The molecule has 1 aromatic heterocycles. The van der Waals surface area contributed by atoms with Gasteiger partial charge in [0.1, 0.15) is 17.2 Å². The molecular formula is C25H28N2O2. The number of nitrogens with zero attached hydrogens (tertiary/aromatic N) is 2. The van der Waals surface area contributed by atoms with Gasteiger partial charge in [-0.2, -0.15) is 0 Å². The molecule has 2 heterocycles. The van der Waals surface area contributed by atoms with Gasteiger partial charge < -0.3 is 9.47 Å². The van der Waals surface area contributed by atoms with Crippen molar-refractivity contribution in [1.29, 1.82) is 0 Å². The number of para-hydroxylation sites is 1. The minimum atomic E-state index is 0.486. The van der Waals surface area contributed by atoms with Crippen LogP contribution >= 0.6 is 0 Å². The Morgan fingerprint density at radius 3 is 2.62 bits per heavy atom. The normalized spacial score (nSPS) is 17.0. The van der Waals surface area contributed by atoms with Gasteiger partial charge in [0.25, 0.3) is 0 Å². The Hall–Kier alpha value is -2.85. The van der Waals surface area contributed by atoms with Crippen LogP contribution in [0.15, 0.2) is 79.1 Å². The molecule has 1 fully saturated rings. The molecule has 150 valence electrons. The van der Waals surface area contributed by atoms with Crippen molar-refractivity contribution in [1.82, 2.24) is 9.88 Å². The van der Waals surface area contributed by atoms with E-state index in [-0.39, 0.29) is 0 Å². The highest BCUT2D eigenvalue weighted by molar-refractivity contribution is 5.36. The Bertz CT molecular complexity index is 870.